The van der Waals surface area contributed by atoms with Crippen LogP contribution in [0.25, 0.3) is 0 Å². The highest BCUT2D eigenvalue weighted by Gasteiger charge is 2.28. The smallest absolute Gasteiger partial charge is 0.304 e. The lowest BCUT2D eigenvalue weighted by atomic mass is 10.4. The minimum Gasteiger partial charge on any atom is -0.324 e. The molecule has 0 saturated carbocycles. The van der Waals surface area contributed by atoms with Gasteiger partial charge in [-0.15, -0.1) is 12.4 Å². The molecule has 0 unspecified atom stereocenters. The van der Waals surface area contributed by atoms with Crippen LogP contribution < -0.4 is 5.73 Å². The van der Waals surface area contributed by atoms with E-state index in [-0.39, 0.29) is 12.4 Å². The molecular formula is C10H21ClNO3. The summed E-state index contributed by atoms with van der Waals surface area (Å²) in [5.74, 6) is -1.09. The zero-order valence-corrected chi connectivity index (χ0v) is 10.4. The summed E-state index contributed by atoms with van der Waals surface area (Å²) in [6, 6.07) is 0. The maximum Gasteiger partial charge on any atom is 0.304 e. The third kappa shape index (κ3) is 6.87. The highest BCUT2D eigenvalue weighted by Crippen LogP contribution is 2.17. The molecule has 15 heavy (non-hydrogen) atoms. The molecule has 0 aliphatic rings. The van der Waals surface area contributed by atoms with Crippen molar-refractivity contribution in [2.45, 2.75) is 26.7 Å². The topological polar surface area (TPSA) is 53.7 Å². The van der Waals surface area contributed by atoms with Gasteiger partial charge >= 0.3 is 5.97 Å². The molecule has 0 atom stereocenters. The monoisotopic (exact) mass is 238 g/mol. The predicted molar refractivity (Wildman–Crippen MR) is 62.5 cm³/mol. The molecule has 0 saturated heterocycles. The Morgan fingerprint density at radius 2 is 1.40 bits per heavy atom. The number of ether oxygens (including phenoxy) is 3. The first kappa shape index (κ1) is 17.3. The Hall–Kier alpha value is -0.130. The molecule has 0 aliphatic carbocycles. The van der Waals surface area contributed by atoms with Crippen molar-refractivity contribution in [2.75, 3.05) is 19.8 Å². The molecule has 0 heterocycles. The number of nitrogens with two attached hydrogens (primary N) is 1. The maximum absolute atomic E-state index is 5.41. The fourth-order valence-corrected chi connectivity index (χ4v) is 1.05. The standard InChI is InChI=1S/C10H20NO3.ClH/c1-4-12-10(13-5-2,14-6-3)8-7-9-11;/h7-9H,4-6,11H2,1-3H3;1H/b8-7+;. The third-order valence-electron chi connectivity index (χ3n) is 1.45. The van der Waals surface area contributed by atoms with Crippen molar-refractivity contribution >= 4 is 12.4 Å². The summed E-state index contributed by atoms with van der Waals surface area (Å²) in [5.41, 5.74) is 5.25. The lowest BCUT2D eigenvalue weighted by molar-refractivity contribution is -0.345. The van der Waals surface area contributed by atoms with Gasteiger partial charge in [-0.1, -0.05) is 6.08 Å². The quantitative estimate of drug-likeness (QED) is 0.656. The van der Waals surface area contributed by atoms with E-state index in [1.54, 1.807) is 12.2 Å². The van der Waals surface area contributed by atoms with E-state index in [0.717, 1.165) is 0 Å². The molecule has 91 valence electrons. The highest BCUT2D eigenvalue weighted by molar-refractivity contribution is 5.85. The van der Waals surface area contributed by atoms with Gasteiger partial charge in [0, 0.05) is 32.4 Å². The van der Waals surface area contributed by atoms with Crippen molar-refractivity contribution in [3.8, 4) is 0 Å². The van der Waals surface area contributed by atoms with Crippen LogP contribution in [0.2, 0.25) is 0 Å². The highest BCUT2D eigenvalue weighted by atomic mass is 35.5. The lowest BCUT2D eigenvalue weighted by Crippen LogP contribution is -2.37. The van der Waals surface area contributed by atoms with E-state index >= 15 is 0 Å². The summed E-state index contributed by atoms with van der Waals surface area (Å²) in [7, 11) is 0. The van der Waals surface area contributed by atoms with Gasteiger partial charge in [-0.2, -0.15) is 0 Å². The molecule has 0 aromatic rings. The molecule has 5 heteroatoms. The van der Waals surface area contributed by atoms with Crippen molar-refractivity contribution in [3.05, 3.63) is 18.7 Å². The van der Waals surface area contributed by atoms with Crippen LogP contribution in [0.4, 0.5) is 0 Å². The molecule has 0 aromatic carbocycles. The van der Waals surface area contributed by atoms with Crippen LogP contribution in [-0.2, 0) is 14.2 Å². The van der Waals surface area contributed by atoms with Gasteiger partial charge in [0.2, 0.25) is 0 Å². The minimum atomic E-state index is -1.09. The second-order valence-corrected chi connectivity index (χ2v) is 2.45. The molecule has 0 fully saturated rings. The Bertz CT molecular complexity index is 148. The molecule has 0 bridgehead atoms. The molecule has 0 rings (SSSR count). The van der Waals surface area contributed by atoms with Crippen LogP contribution in [0.15, 0.2) is 12.2 Å². The van der Waals surface area contributed by atoms with Gasteiger partial charge in [0.1, 0.15) is 0 Å². The maximum atomic E-state index is 5.41. The van der Waals surface area contributed by atoms with Gasteiger partial charge in [-0.25, -0.2) is 0 Å². The number of hydrogen-bond donors (Lipinski definition) is 1. The Morgan fingerprint density at radius 3 is 1.67 bits per heavy atom. The normalized spacial score (nSPS) is 11.7. The molecule has 0 aromatic heterocycles. The second-order valence-electron chi connectivity index (χ2n) is 2.45. The summed E-state index contributed by atoms with van der Waals surface area (Å²) < 4.78 is 16.2. The van der Waals surface area contributed by atoms with Gasteiger partial charge in [0.25, 0.3) is 0 Å². The Balaban J connectivity index is 0. The van der Waals surface area contributed by atoms with E-state index < -0.39 is 5.97 Å². The van der Waals surface area contributed by atoms with E-state index in [1.165, 1.54) is 6.54 Å². The van der Waals surface area contributed by atoms with Gasteiger partial charge in [0.05, 0.1) is 0 Å². The van der Waals surface area contributed by atoms with E-state index in [1.807, 2.05) is 20.8 Å². The second kappa shape index (κ2) is 10.4. The number of halogens is 1. The minimum absolute atomic E-state index is 0. The molecular weight excluding hydrogens is 218 g/mol. The first-order valence-corrected chi connectivity index (χ1v) is 4.89. The van der Waals surface area contributed by atoms with Crippen LogP contribution in [0.5, 0.6) is 0 Å². The van der Waals surface area contributed by atoms with Gasteiger partial charge in [-0.3, -0.25) is 0 Å². The fourth-order valence-electron chi connectivity index (χ4n) is 1.05. The first-order valence-electron chi connectivity index (χ1n) is 4.89. The van der Waals surface area contributed by atoms with Gasteiger partial charge < -0.3 is 19.9 Å². The fraction of sp³-hybridized carbons (Fsp3) is 0.700. The summed E-state index contributed by atoms with van der Waals surface area (Å²) in [4.78, 5) is 0. The average molecular weight is 239 g/mol. The first-order chi connectivity index (χ1) is 6.74. The summed E-state index contributed by atoms with van der Waals surface area (Å²) >= 11 is 0. The van der Waals surface area contributed by atoms with Gasteiger partial charge in [-0.05, 0) is 20.8 Å². The van der Waals surface area contributed by atoms with E-state index in [4.69, 9.17) is 19.9 Å². The van der Waals surface area contributed by atoms with Gasteiger partial charge in [0.15, 0.2) is 0 Å². The van der Waals surface area contributed by atoms with Crippen LogP contribution >= 0.6 is 12.4 Å². The summed E-state index contributed by atoms with van der Waals surface area (Å²) in [6.45, 7) is 8.58. The zero-order chi connectivity index (χ0) is 10.9. The Kier molecular flexibility index (Phi) is 12.0. The van der Waals surface area contributed by atoms with Crippen LogP contribution in [-0.4, -0.2) is 25.8 Å². The molecule has 0 amide bonds. The van der Waals surface area contributed by atoms with Crippen LogP contribution in [0, 0.1) is 6.54 Å². The van der Waals surface area contributed by atoms with Crippen LogP contribution in [0.3, 0.4) is 0 Å². The van der Waals surface area contributed by atoms with Crippen molar-refractivity contribution < 1.29 is 14.2 Å². The molecule has 1 radical (unpaired) electrons. The van der Waals surface area contributed by atoms with E-state index in [0.29, 0.717) is 19.8 Å². The van der Waals surface area contributed by atoms with Crippen molar-refractivity contribution in [2.24, 2.45) is 5.73 Å². The Labute approximate surface area is 98.2 Å². The van der Waals surface area contributed by atoms with Crippen molar-refractivity contribution in [1.82, 2.24) is 0 Å². The zero-order valence-electron chi connectivity index (χ0n) is 9.56. The summed E-state index contributed by atoms with van der Waals surface area (Å²) in [5, 5.41) is 0. The molecule has 0 aliphatic heterocycles. The lowest BCUT2D eigenvalue weighted by Gasteiger charge is -2.29. The SMILES string of the molecule is CCOC(/C=C/[CH]N)(OCC)OCC.Cl. The predicted octanol–water partition coefficient (Wildman–Crippen LogP) is 1.85. The van der Waals surface area contributed by atoms with Crippen molar-refractivity contribution in [3.63, 3.8) is 0 Å². The average Bonchev–Trinajstić information content (AvgIpc) is 2.16. The molecule has 2 N–H and O–H groups in total. The Morgan fingerprint density at radius 1 is 1.00 bits per heavy atom. The van der Waals surface area contributed by atoms with Crippen molar-refractivity contribution in [1.29, 1.82) is 0 Å². The molecule has 0 spiro atoms. The molecule has 4 nitrogen and oxygen atoms in total. The largest absolute Gasteiger partial charge is 0.324 e. The summed E-state index contributed by atoms with van der Waals surface area (Å²) in [6.07, 6.45) is 3.30. The number of rotatable bonds is 8. The third-order valence-corrected chi connectivity index (χ3v) is 1.45. The van der Waals surface area contributed by atoms with E-state index in [2.05, 4.69) is 0 Å². The number of hydrogen-bond acceptors (Lipinski definition) is 4. The van der Waals surface area contributed by atoms with E-state index in [9.17, 15) is 0 Å². The van der Waals surface area contributed by atoms with Crippen LogP contribution in [0.1, 0.15) is 20.8 Å².